The van der Waals surface area contributed by atoms with Crippen LogP contribution in [0.4, 0.5) is 4.39 Å². The Morgan fingerprint density at radius 2 is 1.97 bits per heavy atom. The number of nitrogens with zero attached hydrogens (tertiary/aromatic N) is 2. The smallest absolute Gasteiger partial charge is 0.213 e. The number of ether oxygens (including phenoxy) is 2. The van der Waals surface area contributed by atoms with Crippen molar-refractivity contribution in [1.29, 1.82) is 0 Å². The highest BCUT2D eigenvalue weighted by atomic mass is 19.1. The van der Waals surface area contributed by atoms with E-state index < -0.39 is 5.60 Å². The molecule has 2 heterocycles. The Kier molecular flexibility index (Phi) is 5.57. The van der Waals surface area contributed by atoms with Crippen molar-refractivity contribution in [3.63, 3.8) is 0 Å². The Labute approximate surface area is 193 Å². The molecule has 0 saturated heterocycles. The van der Waals surface area contributed by atoms with Crippen LogP contribution in [0.2, 0.25) is 0 Å². The van der Waals surface area contributed by atoms with Gasteiger partial charge in [-0.1, -0.05) is 6.07 Å². The van der Waals surface area contributed by atoms with Crippen LogP contribution in [0.1, 0.15) is 55.0 Å². The second kappa shape index (κ2) is 8.41. The fraction of sp³-hybridized carbons (Fsp3) is 0.407. The predicted molar refractivity (Wildman–Crippen MR) is 124 cm³/mol. The van der Waals surface area contributed by atoms with Crippen molar-refractivity contribution in [3.05, 3.63) is 70.8 Å². The van der Waals surface area contributed by atoms with E-state index in [4.69, 9.17) is 9.47 Å². The summed E-state index contributed by atoms with van der Waals surface area (Å²) in [5.41, 5.74) is 4.93. The molecule has 3 aromatic rings. The maximum atomic E-state index is 14.5. The Morgan fingerprint density at radius 3 is 2.76 bits per heavy atom. The van der Waals surface area contributed by atoms with Gasteiger partial charge in [0.2, 0.25) is 11.8 Å². The first kappa shape index (κ1) is 21.8. The summed E-state index contributed by atoms with van der Waals surface area (Å²) in [5.74, 6) is 2.24. The van der Waals surface area contributed by atoms with E-state index in [0.717, 1.165) is 29.2 Å². The van der Waals surface area contributed by atoms with Crippen LogP contribution >= 0.6 is 0 Å². The number of pyridine rings is 2. The van der Waals surface area contributed by atoms with Crippen LogP contribution in [0.25, 0.3) is 11.1 Å². The first-order valence-electron chi connectivity index (χ1n) is 11.5. The van der Waals surface area contributed by atoms with E-state index in [1.165, 1.54) is 23.6 Å². The molecule has 6 heteroatoms. The van der Waals surface area contributed by atoms with Crippen LogP contribution in [-0.2, 0) is 13.0 Å². The fourth-order valence-corrected chi connectivity index (χ4v) is 4.55. The lowest BCUT2D eigenvalue weighted by molar-refractivity contribution is 0.0547. The zero-order chi connectivity index (χ0) is 23.2. The average Bonchev–Trinajstić information content (AvgIpc) is 3.43. The van der Waals surface area contributed by atoms with Gasteiger partial charge in [0.05, 0.1) is 12.2 Å². The molecule has 2 aliphatic carbocycles. The Bertz CT molecular complexity index is 1190. The van der Waals surface area contributed by atoms with Gasteiger partial charge in [0.1, 0.15) is 12.4 Å². The molecule has 2 aromatic heterocycles. The lowest BCUT2D eigenvalue weighted by atomic mass is 10.0. The standard InChI is InChI=1S/C27H29FN2O3/c1-16-21(5-7-25(30-16)32-9-8-27(2,3)31)17-4-6-24(28)20(10-17)15-33-26-13-19-11-18-12-22(18)23(19)14-29-26/h4-7,10,13-14,18,22,31H,8-9,11-12,15H2,1-3H3. The highest BCUT2D eigenvalue weighted by Crippen LogP contribution is 2.56. The molecule has 0 bridgehead atoms. The molecular weight excluding hydrogens is 419 g/mol. The molecule has 33 heavy (non-hydrogen) atoms. The third-order valence-electron chi connectivity index (χ3n) is 6.56. The zero-order valence-corrected chi connectivity index (χ0v) is 19.3. The minimum absolute atomic E-state index is 0.114. The van der Waals surface area contributed by atoms with E-state index >= 15 is 0 Å². The molecule has 1 saturated carbocycles. The summed E-state index contributed by atoms with van der Waals surface area (Å²) in [6.07, 6.45) is 4.83. The van der Waals surface area contributed by atoms with E-state index in [9.17, 15) is 9.50 Å². The van der Waals surface area contributed by atoms with Crippen molar-refractivity contribution in [1.82, 2.24) is 9.97 Å². The van der Waals surface area contributed by atoms with Gasteiger partial charge in [0.15, 0.2) is 0 Å². The molecule has 5 nitrogen and oxygen atoms in total. The molecule has 2 atom stereocenters. The molecule has 0 aliphatic heterocycles. The fourth-order valence-electron chi connectivity index (χ4n) is 4.55. The van der Waals surface area contributed by atoms with Crippen LogP contribution in [0.3, 0.4) is 0 Å². The number of fused-ring (bicyclic) bond motifs is 3. The summed E-state index contributed by atoms with van der Waals surface area (Å²) >= 11 is 0. The summed E-state index contributed by atoms with van der Waals surface area (Å²) < 4.78 is 26.0. The van der Waals surface area contributed by atoms with Crippen molar-refractivity contribution in [3.8, 4) is 22.9 Å². The van der Waals surface area contributed by atoms with Gasteiger partial charge in [-0.3, -0.25) is 0 Å². The minimum Gasteiger partial charge on any atom is -0.478 e. The Balaban J connectivity index is 1.27. The van der Waals surface area contributed by atoms with Gasteiger partial charge in [0, 0.05) is 41.6 Å². The maximum absolute atomic E-state index is 14.5. The SMILES string of the molecule is Cc1nc(OCCC(C)(C)O)ccc1-c1ccc(F)c(COc2cc3c(cn2)C2CC2C3)c1. The van der Waals surface area contributed by atoms with Crippen LogP contribution in [0.15, 0.2) is 42.6 Å². The first-order chi connectivity index (χ1) is 15.8. The third kappa shape index (κ3) is 4.86. The van der Waals surface area contributed by atoms with E-state index in [1.807, 2.05) is 25.3 Å². The summed E-state index contributed by atoms with van der Waals surface area (Å²) in [6.45, 7) is 5.89. The number of benzene rings is 1. The highest BCUT2D eigenvalue weighted by Gasteiger charge is 2.45. The molecule has 1 aromatic carbocycles. The van der Waals surface area contributed by atoms with Crippen LogP contribution < -0.4 is 9.47 Å². The first-order valence-corrected chi connectivity index (χ1v) is 11.5. The molecule has 2 unspecified atom stereocenters. The van der Waals surface area contributed by atoms with E-state index in [0.29, 0.717) is 36.3 Å². The largest absolute Gasteiger partial charge is 0.478 e. The number of aryl methyl sites for hydroxylation is 1. The predicted octanol–water partition coefficient (Wildman–Crippen LogP) is 5.37. The number of halogens is 1. The summed E-state index contributed by atoms with van der Waals surface area (Å²) in [6, 6.07) is 10.7. The number of hydrogen-bond acceptors (Lipinski definition) is 5. The van der Waals surface area contributed by atoms with Crippen molar-refractivity contribution in [2.45, 2.75) is 58.2 Å². The van der Waals surface area contributed by atoms with E-state index in [-0.39, 0.29) is 12.4 Å². The van der Waals surface area contributed by atoms with E-state index in [1.54, 1.807) is 32.0 Å². The minimum atomic E-state index is -0.781. The van der Waals surface area contributed by atoms with Crippen LogP contribution in [0, 0.1) is 18.7 Å². The molecule has 172 valence electrons. The van der Waals surface area contributed by atoms with Crippen molar-refractivity contribution >= 4 is 0 Å². The summed E-state index contributed by atoms with van der Waals surface area (Å²) in [4.78, 5) is 8.95. The van der Waals surface area contributed by atoms with Crippen molar-refractivity contribution in [2.75, 3.05) is 6.61 Å². The Hall–Kier alpha value is -2.99. The van der Waals surface area contributed by atoms with Gasteiger partial charge in [-0.2, -0.15) is 0 Å². The molecule has 0 radical (unpaired) electrons. The number of aromatic nitrogens is 2. The summed E-state index contributed by atoms with van der Waals surface area (Å²) in [5, 5.41) is 9.82. The van der Waals surface area contributed by atoms with Crippen molar-refractivity contribution < 1.29 is 19.0 Å². The summed E-state index contributed by atoms with van der Waals surface area (Å²) in [7, 11) is 0. The Morgan fingerprint density at radius 1 is 1.12 bits per heavy atom. The van der Waals surface area contributed by atoms with Crippen LogP contribution in [0.5, 0.6) is 11.8 Å². The second-order valence-corrected chi connectivity index (χ2v) is 9.82. The highest BCUT2D eigenvalue weighted by molar-refractivity contribution is 5.67. The number of hydrogen-bond donors (Lipinski definition) is 1. The zero-order valence-electron chi connectivity index (χ0n) is 19.3. The van der Waals surface area contributed by atoms with Gasteiger partial charge in [-0.25, -0.2) is 14.4 Å². The molecule has 0 spiro atoms. The molecule has 1 fully saturated rings. The van der Waals surface area contributed by atoms with Crippen LogP contribution in [-0.4, -0.2) is 27.3 Å². The average molecular weight is 449 g/mol. The number of rotatable bonds is 8. The normalized spacial score (nSPS) is 18.6. The van der Waals surface area contributed by atoms with E-state index in [2.05, 4.69) is 9.97 Å². The van der Waals surface area contributed by atoms with Gasteiger partial charge in [-0.05, 0) is 80.3 Å². The molecule has 1 N–H and O–H groups in total. The lowest BCUT2D eigenvalue weighted by Gasteiger charge is -2.17. The molecule has 2 aliphatic rings. The topological polar surface area (TPSA) is 64.5 Å². The monoisotopic (exact) mass is 448 g/mol. The lowest BCUT2D eigenvalue weighted by Crippen LogP contribution is -2.22. The van der Waals surface area contributed by atoms with Gasteiger partial charge in [0.25, 0.3) is 0 Å². The molecule has 0 amide bonds. The number of aliphatic hydroxyl groups is 1. The molecular formula is C27H29FN2O3. The van der Waals surface area contributed by atoms with Gasteiger partial charge in [-0.15, -0.1) is 0 Å². The quantitative estimate of drug-likeness (QED) is 0.502. The second-order valence-electron chi connectivity index (χ2n) is 9.82. The van der Waals surface area contributed by atoms with Gasteiger partial charge < -0.3 is 14.6 Å². The molecule has 5 rings (SSSR count). The maximum Gasteiger partial charge on any atom is 0.213 e. The third-order valence-corrected chi connectivity index (χ3v) is 6.56. The van der Waals surface area contributed by atoms with Crippen molar-refractivity contribution in [2.24, 2.45) is 5.92 Å². The van der Waals surface area contributed by atoms with Gasteiger partial charge >= 0.3 is 0 Å².